The first-order valence-corrected chi connectivity index (χ1v) is 7.57. The summed E-state index contributed by atoms with van der Waals surface area (Å²) in [6.45, 7) is 0. The first-order valence-electron chi connectivity index (χ1n) is 5.87. The maximum Gasteiger partial charge on any atom is 0.221 e. The summed E-state index contributed by atoms with van der Waals surface area (Å²) in [6.07, 6.45) is 1.77. The molecule has 1 aromatic carbocycles. The minimum Gasteiger partial charge on any atom is -0.378 e. The molecule has 0 saturated carbocycles. The molecule has 0 atom stereocenters. The molecule has 3 rings (SSSR count). The molecule has 0 spiro atoms. The van der Waals surface area contributed by atoms with Crippen molar-refractivity contribution >= 4 is 28.8 Å². The van der Waals surface area contributed by atoms with Crippen molar-refractivity contribution in [3.05, 3.63) is 35.8 Å². The first kappa shape index (κ1) is 13.1. The van der Waals surface area contributed by atoms with Crippen molar-refractivity contribution in [1.82, 2.24) is 25.2 Å². The molecule has 0 N–H and O–H groups in total. The number of anilines is 1. The Bertz CT molecular complexity index is 674. The van der Waals surface area contributed by atoms with Crippen LogP contribution in [0.15, 0.2) is 45.3 Å². The molecule has 3 aromatic rings. The highest BCUT2D eigenvalue weighted by atomic mass is 32.2. The molecule has 102 valence electrons. The van der Waals surface area contributed by atoms with Gasteiger partial charge >= 0.3 is 0 Å². The van der Waals surface area contributed by atoms with Gasteiger partial charge in [0.25, 0.3) is 0 Å². The van der Waals surface area contributed by atoms with Gasteiger partial charge in [0.2, 0.25) is 5.16 Å². The van der Waals surface area contributed by atoms with Gasteiger partial charge in [-0.3, -0.25) is 0 Å². The molecule has 20 heavy (non-hydrogen) atoms. The predicted octanol–water partition coefficient (Wildman–Crippen LogP) is 2.34. The van der Waals surface area contributed by atoms with Crippen molar-refractivity contribution < 1.29 is 0 Å². The summed E-state index contributed by atoms with van der Waals surface area (Å²) in [6, 6.07) is 8.07. The van der Waals surface area contributed by atoms with E-state index in [1.807, 2.05) is 43.7 Å². The van der Waals surface area contributed by atoms with Crippen molar-refractivity contribution in [2.45, 2.75) is 9.50 Å². The molecule has 0 bridgehead atoms. The lowest BCUT2D eigenvalue weighted by molar-refractivity contribution is 0.756. The van der Waals surface area contributed by atoms with Crippen LogP contribution in [0, 0.1) is 0 Å². The second-order valence-electron chi connectivity index (χ2n) is 4.18. The minimum atomic E-state index is 0.706. The van der Waals surface area contributed by atoms with E-state index in [4.69, 9.17) is 0 Å². The summed E-state index contributed by atoms with van der Waals surface area (Å²) in [5, 5.41) is 14.5. The molecule has 0 aliphatic heterocycles. The highest BCUT2D eigenvalue weighted by molar-refractivity contribution is 8.00. The number of tetrazole rings is 1. The zero-order chi connectivity index (χ0) is 13.9. The van der Waals surface area contributed by atoms with Crippen molar-refractivity contribution in [2.75, 3.05) is 19.0 Å². The molecule has 0 unspecified atom stereocenters. The van der Waals surface area contributed by atoms with Gasteiger partial charge in [-0.15, -0.1) is 16.4 Å². The first-order chi connectivity index (χ1) is 9.74. The lowest BCUT2D eigenvalue weighted by Crippen LogP contribution is -2.08. The highest BCUT2D eigenvalue weighted by Crippen LogP contribution is 2.28. The van der Waals surface area contributed by atoms with Crippen molar-refractivity contribution in [2.24, 2.45) is 0 Å². The van der Waals surface area contributed by atoms with Gasteiger partial charge in [0.05, 0.1) is 5.69 Å². The molecule has 0 saturated heterocycles. The van der Waals surface area contributed by atoms with Gasteiger partial charge in [0.15, 0.2) is 4.34 Å². The summed E-state index contributed by atoms with van der Waals surface area (Å²) < 4.78 is 2.64. The van der Waals surface area contributed by atoms with Gasteiger partial charge < -0.3 is 4.90 Å². The molecule has 2 aromatic heterocycles. The van der Waals surface area contributed by atoms with Gasteiger partial charge in [0, 0.05) is 31.4 Å². The standard InChI is InChI=1S/C12H12N6S2/c1-17(2)9-3-5-10(6-4-9)18-11(14-15-16-18)20-12-13-7-8-19-12/h3-8H,1-2H3. The molecular weight excluding hydrogens is 292 g/mol. The van der Waals surface area contributed by atoms with E-state index in [2.05, 4.69) is 25.4 Å². The van der Waals surface area contributed by atoms with Gasteiger partial charge in [0.1, 0.15) is 0 Å². The van der Waals surface area contributed by atoms with Crippen molar-refractivity contribution in [1.29, 1.82) is 0 Å². The lowest BCUT2D eigenvalue weighted by Gasteiger charge is -2.12. The summed E-state index contributed by atoms with van der Waals surface area (Å²) >= 11 is 3.02. The van der Waals surface area contributed by atoms with E-state index in [0.29, 0.717) is 5.16 Å². The summed E-state index contributed by atoms with van der Waals surface area (Å²) in [4.78, 5) is 6.28. The molecule has 6 nitrogen and oxygen atoms in total. The number of thiazole rings is 1. The summed E-state index contributed by atoms with van der Waals surface area (Å²) in [5.74, 6) is 0. The molecular formula is C12H12N6S2. The van der Waals surface area contributed by atoms with Crippen LogP contribution in [0.4, 0.5) is 5.69 Å². The third-order valence-electron chi connectivity index (χ3n) is 2.64. The zero-order valence-corrected chi connectivity index (χ0v) is 12.6. The number of benzene rings is 1. The van der Waals surface area contributed by atoms with Crippen LogP contribution in [0.1, 0.15) is 0 Å². The minimum absolute atomic E-state index is 0.706. The number of rotatable bonds is 4. The smallest absolute Gasteiger partial charge is 0.221 e. The Kier molecular flexibility index (Phi) is 3.66. The average Bonchev–Trinajstić information content (AvgIpc) is 3.11. The normalized spacial score (nSPS) is 10.7. The molecule has 0 amide bonds. The van der Waals surface area contributed by atoms with E-state index < -0.39 is 0 Å². The van der Waals surface area contributed by atoms with E-state index in [1.165, 1.54) is 11.8 Å². The Morgan fingerprint density at radius 2 is 2.00 bits per heavy atom. The summed E-state index contributed by atoms with van der Waals surface area (Å²) in [7, 11) is 4.02. The fourth-order valence-corrected chi connectivity index (χ4v) is 3.15. The van der Waals surface area contributed by atoms with Gasteiger partial charge in [-0.1, -0.05) is 0 Å². The van der Waals surface area contributed by atoms with Crippen LogP contribution in [-0.2, 0) is 0 Å². The third kappa shape index (κ3) is 2.66. The SMILES string of the molecule is CN(C)c1ccc(-n2nnnc2Sc2nccs2)cc1. The molecule has 2 heterocycles. The molecule has 0 radical (unpaired) electrons. The highest BCUT2D eigenvalue weighted by Gasteiger charge is 2.11. The van der Waals surface area contributed by atoms with E-state index in [9.17, 15) is 0 Å². The number of nitrogens with zero attached hydrogens (tertiary/aromatic N) is 6. The predicted molar refractivity (Wildman–Crippen MR) is 79.7 cm³/mol. The second-order valence-corrected chi connectivity index (χ2v) is 6.29. The molecule has 0 fully saturated rings. The second kappa shape index (κ2) is 5.59. The Balaban J connectivity index is 1.89. The van der Waals surface area contributed by atoms with Crippen molar-refractivity contribution in [3.63, 3.8) is 0 Å². The van der Waals surface area contributed by atoms with E-state index in [1.54, 1.807) is 22.2 Å². The molecule has 0 aliphatic rings. The average molecular weight is 304 g/mol. The third-order valence-corrected chi connectivity index (χ3v) is 4.46. The zero-order valence-electron chi connectivity index (χ0n) is 11.0. The van der Waals surface area contributed by atoms with Gasteiger partial charge in [-0.2, -0.15) is 4.68 Å². The number of aromatic nitrogens is 5. The maximum atomic E-state index is 4.23. The van der Waals surface area contributed by atoms with Crippen LogP contribution in [0.2, 0.25) is 0 Å². The van der Waals surface area contributed by atoms with Gasteiger partial charge in [-0.05, 0) is 46.5 Å². The topological polar surface area (TPSA) is 59.7 Å². The van der Waals surface area contributed by atoms with Crippen LogP contribution in [0.3, 0.4) is 0 Å². The monoisotopic (exact) mass is 304 g/mol. The summed E-state index contributed by atoms with van der Waals surface area (Å²) in [5.41, 5.74) is 2.07. The molecule has 0 aliphatic carbocycles. The number of hydrogen-bond acceptors (Lipinski definition) is 7. The Labute approximate surface area is 124 Å². The van der Waals surface area contributed by atoms with Gasteiger partial charge in [-0.25, -0.2) is 4.98 Å². The van der Waals surface area contributed by atoms with E-state index in [0.717, 1.165) is 15.7 Å². The van der Waals surface area contributed by atoms with Crippen LogP contribution >= 0.6 is 23.1 Å². The lowest BCUT2D eigenvalue weighted by atomic mass is 10.3. The largest absolute Gasteiger partial charge is 0.378 e. The van der Waals surface area contributed by atoms with E-state index in [-0.39, 0.29) is 0 Å². The maximum absolute atomic E-state index is 4.23. The van der Waals surface area contributed by atoms with E-state index >= 15 is 0 Å². The van der Waals surface area contributed by atoms with Crippen LogP contribution < -0.4 is 4.90 Å². The Morgan fingerprint density at radius 3 is 2.65 bits per heavy atom. The molecule has 8 heteroatoms. The van der Waals surface area contributed by atoms with Crippen molar-refractivity contribution in [3.8, 4) is 5.69 Å². The fraction of sp³-hybridized carbons (Fsp3) is 0.167. The quantitative estimate of drug-likeness (QED) is 0.737. The fourth-order valence-electron chi connectivity index (χ4n) is 1.64. The van der Waals surface area contributed by atoms with Crippen LogP contribution in [0.25, 0.3) is 5.69 Å². The number of hydrogen-bond donors (Lipinski definition) is 0. The Hall–Kier alpha value is -1.93. The van der Waals surface area contributed by atoms with Crippen LogP contribution in [-0.4, -0.2) is 39.3 Å². The van der Waals surface area contributed by atoms with Crippen LogP contribution in [0.5, 0.6) is 0 Å². The Morgan fingerprint density at radius 1 is 1.20 bits per heavy atom.